The van der Waals surface area contributed by atoms with E-state index in [4.69, 9.17) is 0 Å². The molecule has 3 atom stereocenters. The van der Waals surface area contributed by atoms with Crippen molar-refractivity contribution >= 4 is 5.91 Å². The van der Waals surface area contributed by atoms with Crippen LogP contribution in [0.25, 0.3) is 0 Å². The molecule has 0 radical (unpaired) electrons. The third-order valence-corrected chi connectivity index (χ3v) is 8.20. The van der Waals surface area contributed by atoms with Crippen LogP contribution in [-0.2, 0) is 6.18 Å². The van der Waals surface area contributed by atoms with Crippen molar-refractivity contribution in [2.75, 3.05) is 33.2 Å². The summed E-state index contributed by atoms with van der Waals surface area (Å²) in [5.41, 5.74) is -1.73. The van der Waals surface area contributed by atoms with Gasteiger partial charge in [0.05, 0.1) is 17.2 Å². The SMILES string of the molecule is CC(C)[C@@H](NC(=O)c1cc(C(F)(F)F)ccc1F)C(O)N1CCC2(CC1)CN(C)CC2c1ccc(F)cc1F. The van der Waals surface area contributed by atoms with Gasteiger partial charge in [0, 0.05) is 38.2 Å². The van der Waals surface area contributed by atoms with Gasteiger partial charge in [0.1, 0.15) is 23.7 Å². The van der Waals surface area contributed by atoms with Gasteiger partial charge in [-0.1, -0.05) is 19.9 Å². The highest BCUT2D eigenvalue weighted by molar-refractivity contribution is 5.95. The van der Waals surface area contributed by atoms with Gasteiger partial charge in [-0.2, -0.15) is 13.2 Å². The number of aliphatic hydroxyl groups excluding tert-OH is 1. The predicted octanol–water partition coefficient (Wildman–Crippen LogP) is 5.01. The Morgan fingerprint density at radius 1 is 1.05 bits per heavy atom. The van der Waals surface area contributed by atoms with Crippen LogP contribution in [0, 0.1) is 28.8 Å². The van der Waals surface area contributed by atoms with Gasteiger partial charge in [-0.05, 0) is 61.1 Å². The molecule has 1 spiro atoms. The van der Waals surface area contributed by atoms with E-state index in [1.54, 1.807) is 18.7 Å². The van der Waals surface area contributed by atoms with E-state index in [1.165, 1.54) is 12.1 Å². The Bertz CT molecular complexity index is 1200. The lowest BCUT2D eigenvalue weighted by Gasteiger charge is -2.46. The van der Waals surface area contributed by atoms with Crippen LogP contribution in [-0.4, -0.2) is 66.3 Å². The summed E-state index contributed by atoms with van der Waals surface area (Å²) in [6.07, 6.45) is -4.71. The van der Waals surface area contributed by atoms with Crippen LogP contribution in [0.2, 0.25) is 0 Å². The molecule has 2 aliphatic heterocycles. The fourth-order valence-corrected chi connectivity index (χ4v) is 6.09. The Kier molecular flexibility index (Phi) is 8.35. The zero-order chi connectivity index (χ0) is 28.7. The molecule has 2 heterocycles. The van der Waals surface area contributed by atoms with Crippen LogP contribution >= 0.6 is 0 Å². The van der Waals surface area contributed by atoms with Crippen LogP contribution < -0.4 is 5.32 Å². The first kappa shape index (κ1) is 29.4. The highest BCUT2D eigenvalue weighted by Gasteiger charge is 2.49. The minimum absolute atomic E-state index is 0.160. The summed E-state index contributed by atoms with van der Waals surface area (Å²) in [6, 6.07) is 4.38. The van der Waals surface area contributed by atoms with Gasteiger partial charge in [-0.3, -0.25) is 9.69 Å². The van der Waals surface area contributed by atoms with Crippen molar-refractivity contribution in [1.29, 1.82) is 0 Å². The number of piperidine rings is 1. The first-order chi connectivity index (χ1) is 18.2. The van der Waals surface area contributed by atoms with Gasteiger partial charge < -0.3 is 15.3 Å². The summed E-state index contributed by atoms with van der Waals surface area (Å²) in [4.78, 5) is 16.7. The lowest BCUT2D eigenvalue weighted by molar-refractivity contribution is -0.137. The molecule has 0 saturated carbocycles. The van der Waals surface area contributed by atoms with E-state index in [1.807, 2.05) is 7.05 Å². The topological polar surface area (TPSA) is 55.8 Å². The van der Waals surface area contributed by atoms with Gasteiger partial charge in [-0.25, -0.2) is 13.2 Å². The number of benzene rings is 2. The molecule has 2 aromatic carbocycles. The fraction of sp³-hybridized carbons (Fsp3) is 0.536. The molecule has 5 nitrogen and oxygen atoms in total. The number of likely N-dealkylation sites (tertiary alicyclic amines) is 2. The van der Waals surface area contributed by atoms with E-state index in [0.29, 0.717) is 62.8 Å². The Balaban J connectivity index is 1.48. The molecule has 2 saturated heterocycles. The van der Waals surface area contributed by atoms with Crippen LogP contribution in [0.15, 0.2) is 36.4 Å². The van der Waals surface area contributed by atoms with Crippen molar-refractivity contribution in [1.82, 2.24) is 15.1 Å². The van der Waals surface area contributed by atoms with Gasteiger partial charge in [0.25, 0.3) is 5.91 Å². The predicted molar refractivity (Wildman–Crippen MR) is 133 cm³/mol. The molecule has 0 aromatic heterocycles. The number of halogens is 6. The number of hydrogen-bond donors (Lipinski definition) is 2. The maximum absolute atomic E-state index is 14.7. The summed E-state index contributed by atoms with van der Waals surface area (Å²) in [6.45, 7) is 5.63. The number of amides is 1. The number of aliphatic hydroxyl groups is 1. The van der Waals surface area contributed by atoms with Gasteiger partial charge in [-0.15, -0.1) is 0 Å². The molecule has 2 unspecified atom stereocenters. The second-order valence-corrected chi connectivity index (χ2v) is 11.2. The molecule has 39 heavy (non-hydrogen) atoms. The summed E-state index contributed by atoms with van der Waals surface area (Å²) < 4.78 is 81.9. The maximum atomic E-state index is 14.7. The number of rotatable bonds is 6. The molecule has 0 aliphatic carbocycles. The maximum Gasteiger partial charge on any atom is 0.416 e. The normalized spacial score (nSPS) is 21.9. The first-order valence-electron chi connectivity index (χ1n) is 12.9. The molecule has 214 valence electrons. The number of carbonyl (C=O) groups excluding carboxylic acids is 1. The third-order valence-electron chi connectivity index (χ3n) is 8.20. The lowest BCUT2D eigenvalue weighted by atomic mass is 9.68. The Hall–Kier alpha value is -2.63. The zero-order valence-corrected chi connectivity index (χ0v) is 22.0. The Morgan fingerprint density at radius 2 is 1.72 bits per heavy atom. The third kappa shape index (κ3) is 6.10. The van der Waals surface area contributed by atoms with E-state index >= 15 is 0 Å². The van der Waals surface area contributed by atoms with E-state index < -0.39 is 52.9 Å². The van der Waals surface area contributed by atoms with E-state index in [2.05, 4.69) is 10.2 Å². The summed E-state index contributed by atoms with van der Waals surface area (Å²) in [5, 5.41) is 13.8. The van der Waals surface area contributed by atoms with Crippen molar-refractivity contribution in [3.63, 3.8) is 0 Å². The van der Waals surface area contributed by atoms with E-state index in [-0.39, 0.29) is 17.3 Å². The monoisotopic (exact) mass is 557 g/mol. The highest BCUT2D eigenvalue weighted by Crippen LogP contribution is 2.50. The van der Waals surface area contributed by atoms with Crippen molar-refractivity contribution in [3.05, 3.63) is 70.5 Å². The lowest BCUT2D eigenvalue weighted by Crippen LogP contribution is -2.57. The number of hydrogen-bond acceptors (Lipinski definition) is 4. The van der Waals surface area contributed by atoms with Crippen LogP contribution in [0.5, 0.6) is 0 Å². The van der Waals surface area contributed by atoms with Crippen molar-refractivity contribution in [2.45, 2.75) is 51.1 Å². The molecule has 1 amide bonds. The van der Waals surface area contributed by atoms with Gasteiger partial charge in [0.15, 0.2) is 0 Å². The largest absolute Gasteiger partial charge is 0.416 e. The smallest absolute Gasteiger partial charge is 0.376 e. The zero-order valence-electron chi connectivity index (χ0n) is 22.0. The van der Waals surface area contributed by atoms with Crippen molar-refractivity contribution < 1.29 is 36.2 Å². The van der Waals surface area contributed by atoms with Crippen LogP contribution in [0.4, 0.5) is 26.3 Å². The molecule has 2 N–H and O–H groups in total. The number of nitrogens with zero attached hydrogens (tertiary/aromatic N) is 2. The molecule has 2 fully saturated rings. The second-order valence-electron chi connectivity index (χ2n) is 11.2. The molecule has 2 aliphatic rings. The molecular weight excluding hydrogens is 524 g/mol. The molecule has 11 heteroatoms. The number of nitrogens with one attached hydrogen (secondary N) is 1. The fourth-order valence-electron chi connectivity index (χ4n) is 6.09. The van der Waals surface area contributed by atoms with Crippen molar-refractivity contribution in [2.24, 2.45) is 11.3 Å². The average molecular weight is 558 g/mol. The van der Waals surface area contributed by atoms with Crippen molar-refractivity contribution in [3.8, 4) is 0 Å². The average Bonchev–Trinajstić information content (AvgIpc) is 3.16. The van der Waals surface area contributed by atoms with Gasteiger partial charge in [0.2, 0.25) is 0 Å². The van der Waals surface area contributed by atoms with E-state index in [0.717, 1.165) is 6.07 Å². The van der Waals surface area contributed by atoms with Crippen LogP contribution in [0.1, 0.15) is 54.1 Å². The van der Waals surface area contributed by atoms with Crippen LogP contribution in [0.3, 0.4) is 0 Å². The number of likely N-dealkylation sites (N-methyl/N-ethyl adjacent to an activating group) is 1. The standard InChI is InChI=1S/C28H33F6N3O2/c1-16(2)24(35-25(38)20-12-17(28(32,33)34)4-7-22(20)30)26(39)37-10-8-27(9-11-37)15-36(3)14-21(27)19-6-5-18(29)13-23(19)31/h4-7,12-13,16,21,24,26,39H,8-11,14-15H2,1-3H3,(H,35,38)/t21?,24-,26?/m1/s1. The minimum atomic E-state index is -4.74. The summed E-state index contributed by atoms with van der Waals surface area (Å²) in [5.74, 6) is -3.85. The molecule has 4 rings (SSSR count). The minimum Gasteiger partial charge on any atom is -0.376 e. The Labute approximate surface area is 223 Å². The second kappa shape index (κ2) is 11.1. The Morgan fingerprint density at radius 3 is 2.31 bits per heavy atom. The molecular formula is C28H33F6N3O2. The summed E-state index contributed by atoms with van der Waals surface area (Å²) >= 11 is 0. The quantitative estimate of drug-likeness (QED) is 0.491. The number of carbonyl (C=O) groups is 1. The molecule has 2 aromatic rings. The number of alkyl halides is 3. The first-order valence-corrected chi connectivity index (χ1v) is 12.9. The molecule has 0 bridgehead atoms. The summed E-state index contributed by atoms with van der Waals surface area (Å²) in [7, 11) is 1.95. The van der Waals surface area contributed by atoms with Gasteiger partial charge >= 0.3 is 6.18 Å². The highest BCUT2D eigenvalue weighted by atomic mass is 19.4. The van der Waals surface area contributed by atoms with E-state index in [9.17, 15) is 36.2 Å².